The van der Waals surface area contributed by atoms with E-state index in [1.807, 2.05) is 14.0 Å². The zero-order valence-electron chi connectivity index (χ0n) is 11.9. The molecule has 0 aliphatic heterocycles. The number of hydrogen-bond donors (Lipinski definition) is 2. The molecule has 1 heterocycles. The van der Waals surface area contributed by atoms with E-state index in [1.165, 1.54) is 25.7 Å². The SMILES string of the molecule is CNCCNC(=O)c1sc(C2CCCC2)nc1C.Cl.Cl. The number of hydrogen-bond acceptors (Lipinski definition) is 4. The van der Waals surface area contributed by atoms with E-state index in [2.05, 4.69) is 15.6 Å². The van der Waals surface area contributed by atoms with Crippen molar-refractivity contribution in [2.45, 2.75) is 38.5 Å². The number of rotatable bonds is 5. The highest BCUT2D eigenvalue weighted by molar-refractivity contribution is 7.13. The lowest BCUT2D eigenvalue weighted by molar-refractivity contribution is 0.0957. The van der Waals surface area contributed by atoms with Crippen LogP contribution in [0, 0.1) is 6.92 Å². The van der Waals surface area contributed by atoms with Crippen molar-refractivity contribution in [1.82, 2.24) is 15.6 Å². The second-order valence-electron chi connectivity index (χ2n) is 4.81. The number of aryl methyl sites for hydroxylation is 1. The van der Waals surface area contributed by atoms with Crippen LogP contribution < -0.4 is 10.6 Å². The average Bonchev–Trinajstić information content (AvgIpc) is 2.97. The number of halogens is 2. The minimum Gasteiger partial charge on any atom is -0.350 e. The summed E-state index contributed by atoms with van der Waals surface area (Å²) in [5.74, 6) is 0.608. The number of nitrogens with one attached hydrogen (secondary N) is 2. The molecule has 0 saturated heterocycles. The molecule has 1 aliphatic rings. The second kappa shape index (κ2) is 9.55. The van der Waals surface area contributed by atoms with Gasteiger partial charge in [0.15, 0.2) is 0 Å². The summed E-state index contributed by atoms with van der Waals surface area (Å²) < 4.78 is 0. The molecule has 0 unspecified atom stereocenters. The fourth-order valence-electron chi connectivity index (χ4n) is 2.36. The predicted octanol–water partition coefficient (Wildman–Crippen LogP) is 2.90. The van der Waals surface area contributed by atoms with Crippen LogP contribution in [0.25, 0.3) is 0 Å². The third-order valence-corrected chi connectivity index (χ3v) is 4.70. The number of carbonyl (C=O) groups excluding carboxylic acids is 1. The Morgan fingerprint density at radius 3 is 2.55 bits per heavy atom. The maximum absolute atomic E-state index is 12.0. The number of nitrogens with zero attached hydrogens (tertiary/aromatic N) is 1. The maximum Gasteiger partial charge on any atom is 0.263 e. The van der Waals surface area contributed by atoms with Crippen LogP contribution in [0.1, 0.15) is 52.0 Å². The van der Waals surface area contributed by atoms with E-state index >= 15 is 0 Å². The molecule has 116 valence electrons. The Morgan fingerprint density at radius 1 is 1.30 bits per heavy atom. The largest absolute Gasteiger partial charge is 0.350 e. The second-order valence-corrected chi connectivity index (χ2v) is 5.84. The molecule has 1 aromatic heterocycles. The van der Waals surface area contributed by atoms with Gasteiger partial charge in [-0.1, -0.05) is 12.8 Å². The summed E-state index contributed by atoms with van der Waals surface area (Å²) in [6, 6.07) is 0. The van der Waals surface area contributed by atoms with Crippen LogP contribution in [-0.2, 0) is 0 Å². The first-order valence-corrected chi connectivity index (χ1v) is 7.44. The molecule has 1 saturated carbocycles. The van der Waals surface area contributed by atoms with E-state index in [1.54, 1.807) is 11.3 Å². The molecule has 20 heavy (non-hydrogen) atoms. The van der Waals surface area contributed by atoms with E-state index in [0.29, 0.717) is 12.5 Å². The number of likely N-dealkylation sites (N-methyl/N-ethyl adjacent to an activating group) is 1. The number of carbonyl (C=O) groups is 1. The van der Waals surface area contributed by atoms with Crippen molar-refractivity contribution in [2.75, 3.05) is 20.1 Å². The lowest BCUT2D eigenvalue weighted by Gasteiger charge is -2.03. The summed E-state index contributed by atoms with van der Waals surface area (Å²) in [5, 5.41) is 7.08. The summed E-state index contributed by atoms with van der Waals surface area (Å²) in [5.41, 5.74) is 0.879. The highest BCUT2D eigenvalue weighted by Crippen LogP contribution is 2.36. The van der Waals surface area contributed by atoms with Gasteiger partial charge in [-0.15, -0.1) is 36.2 Å². The van der Waals surface area contributed by atoms with Crippen molar-refractivity contribution < 1.29 is 4.79 Å². The third kappa shape index (κ3) is 4.88. The van der Waals surface area contributed by atoms with Crippen LogP contribution in [-0.4, -0.2) is 31.0 Å². The standard InChI is InChI=1S/C13H21N3OS.2ClH/c1-9-11(12(17)15-8-7-14-2)18-13(16-9)10-5-3-4-6-10;;/h10,14H,3-8H2,1-2H3,(H,15,17);2*1H. The molecular formula is C13H23Cl2N3OS. The highest BCUT2D eigenvalue weighted by Gasteiger charge is 2.23. The molecular weight excluding hydrogens is 317 g/mol. The van der Waals surface area contributed by atoms with Gasteiger partial charge in [-0.05, 0) is 26.8 Å². The fourth-order valence-corrected chi connectivity index (χ4v) is 3.51. The first-order valence-electron chi connectivity index (χ1n) is 6.62. The molecule has 0 atom stereocenters. The zero-order valence-corrected chi connectivity index (χ0v) is 14.3. The molecule has 1 aromatic rings. The van der Waals surface area contributed by atoms with E-state index in [9.17, 15) is 4.79 Å². The monoisotopic (exact) mass is 339 g/mol. The van der Waals surface area contributed by atoms with Gasteiger partial charge in [-0.25, -0.2) is 4.98 Å². The Kier molecular flexibility index (Phi) is 9.38. The van der Waals surface area contributed by atoms with Gasteiger partial charge < -0.3 is 10.6 Å². The summed E-state index contributed by atoms with van der Waals surface area (Å²) in [4.78, 5) is 17.4. The Hall–Kier alpha value is -0.360. The zero-order chi connectivity index (χ0) is 13.0. The van der Waals surface area contributed by atoms with E-state index in [-0.39, 0.29) is 30.7 Å². The van der Waals surface area contributed by atoms with Crippen molar-refractivity contribution in [3.8, 4) is 0 Å². The van der Waals surface area contributed by atoms with Crippen LogP contribution in [0.15, 0.2) is 0 Å². The Balaban J connectivity index is 0.00000180. The Labute approximate surface area is 137 Å². The van der Waals surface area contributed by atoms with Crippen molar-refractivity contribution in [2.24, 2.45) is 0 Å². The quantitative estimate of drug-likeness (QED) is 0.811. The molecule has 1 amide bonds. The molecule has 2 N–H and O–H groups in total. The van der Waals surface area contributed by atoms with Crippen molar-refractivity contribution in [3.63, 3.8) is 0 Å². The van der Waals surface area contributed by atoms with Crippen LogP contribution in [0.5, 0.6) is 0 Å². The first kappa shape index (κ1) is 19.6. The van der Waals surface area contributed by atoms with Crippen LogP contribution in [0.2, 0.25) is 0 Å². The molecule has 0 aromatic carbocycles. The summed E-state index contributed by atoms with van der Waals surface area (Å²) >= 11 is 1.58. The summed E-state index contributed by atoms with van der Waals surface area (Å²) in [7, 11) is 1.88. The maximum atomic E-state index is 12.0. The molecule has 7 heteroatoms. The third-order valence-electron chi connectivity index (χ3n) is 3.38. The first-order chi connectivity index (χ1) is 8.72. The molecule has 0 radical (unpaired) electrons. The smallest absolute Gasteiger partial charge is 0.263 e. The Bertz CT molecular complexity index is 420. The molecule has 4 nitrogen and oxygen atoms in total. The van der Waals surface area contributed by atoms with E-state index < -0.39 is 0 Å². The van der Waals surface area contributed by atoms with Gasteiger partial charge in [-0.3, -0.25) is 4.79 Å². The van der Waals surface area contributed by atoms with Gasteiger partial charge in [-0.2, -0.15) is 0 Å². The van der Waals surface area contributed by atoms with Gasteiger partial charge in [0.25, 0.3) is 5.91 Å². The van der Waals surface area contributed by atoms with Crippen molar-refractivity contribution in [3.05, 3.63) is 15.6 Å². The lowest BCUT2D eigenvalue weighted by Crippen LogP contribution is -2.30. The topological polar surface area (TPSA) is 54.0 Å². The fraction of sp³-hybridized carbons (Fsp3) is 0.692. The molecule has 1 fully saturated rings. The predicted molar refractivity (Wildman–Crippen MR) is 88.8 cm³/mol. The highest BCUT2D eigenvalue weighted by atomic mass is 35.5. The van der Waals surface area contributed by atoms with Crippen molar-refractivity contribution >= 4 is 42.1 Å². The molecule has 0 bridgehead atoms. The van der Waals surface area contributed by atoms with E-state index in [0.717, 1.165) is 22.1 Å². The van der Waals surface area contributed by atoms with Gasteiger partial charge in [0, 0.05) is 19.0 Å². The van der Waals surface area contributed by atoms with Crippen molar-refractivity contribution in [1.29, 1.82) is 0 Å². The van der Waals surface area contributed by atoms with E-state index in [4.69, 9.17) is 0 Å². The summed E-state index contributed by atoms with van der Waals surface area (Å²) in [6.07, 6.45) is 5.06. The van der Waals surface area contributed by atoms with Gasteiger partial charge >= 0.3 is 0 Å². The van der Waals surface area contributed by atoms with Crippen LogP contribution in [0.3, 0.4) is 0 Å². The van der Waals surface area contributed by atoms with Gasteiger partial charge in [0.2, 0.25) is 0 Å². The summed E-state index contributed by atoms with van der Waals surface area (Å²) in [6.45, 7) is 3.38. The molecule has 1 aliphatic carbocycles. The molecule has 0 spiro atoms. The minimum atomic E-state index is 0. The number of thiazole rings is 1. The lowest BCUT2D eigenvalue weighted by atomic mass is 10.1. The minimum absolute atomic E-state index is 0. The normalized spacial score (nSPS) is 14.5. The number of aromatic nitrogens is 1. The van der Waals surface area contributed by atoms with Gasteiger partial charge in [0.1, 0.15) is 4.88 Å². The Morgan fingerprint density at radius 2 is 1.95 bits per heavy atom. The van der Waals surface area contributed by atoms with Gasteiger partial charge in [0.05, 0.1) is 10.7 Å². The number of amides is 1. The van der Waals surface area contributed by atoms with Crippen LogP contribution >= 0.6 is 36.2 Å². The van der Waals surface area contributed by atoms with Crippen LogP contribution in [0.4, 0.5) is 0 Å². The average molecular weight is 340 g/mol. The molecule has 2 rings (SSSR count).